The van der Waals surface area contributed by atoms with Gasteiger partial charge in [0.05, 0.1) is 25.9 Å². The number of primary amides is 2. The van der Waals surface area contributed by atoms with Crippen molar-refractivity contribution in [3.05, 3.63) is 132 Å². The predicted octanol–water partition coefficient (Wildman–Crippen LogP) is -1.69. The van der Waals surface area contributed by atoms with Gasteiger partial charge in [-0.05, 0) is 124 Å². The van der Waals surface area contributed by atoms with Crippen LogP contribution in [0.2, 0.25) is 0 Å². The minimum absolute atomic E-state index is 0.00177. The van der Waals surface area contributed by atoms with Crippen molar-refractivity contribution in [3.8, 4) is 5.75 Å². The maximum Gasteiger partial charge on any atom is 0.246 e. The summed E-state index contributed by atoms with van der Waals surface area (Å²) in [6.45, 7) is 6.60. The number of phenolic OH excluding ortho intramolecular Hbond substituents is 1. The number of aromatic amines is 3. The second-order valence-electron chi connectivity index (χ2n) is 34.8. The number of aromatic hydroxyl groups is 1. The lowest BCUT2D eigenvalue weighted by Gasteiger charge is -2.36. The number of unbranched alkanes of at least 4 members (excludes halogenated alkanes) is 2. The Morgan fingerprint density at radius 2 is 1.02 bits per heavy atom. The number of para-hydroxylation sites is 2. The van der Waals surface area contributed by atoms with Crippen LogP contribution in [0, 0.1) is 11.3 Å². The molecule has 3 aliphatic heterocycles. The summed E-state index contributed by atoms with van der Waals surface area (Å²) >= 11 is 0. The summed E-state index contributed by atoms with van der Waals surface area (Å²) in [4.78, 5) is 269. The molecule has 3 aromatic heterocycles. The second kappa shape index (κ2) is 50.0. The summed E-state index contributed by atoms with van der Waals surface area (Å²) in [6, 6.07) is -1.58. The van der Waals surface area contributed by atoms with Crippen molar-refractivity contribution in [1.82, 2.24) is 103 Å². The summed E-state index contributed by atoms with van der Waals surface area (Å²) in [7, 11) is 3.91. The lowest BCUT2D eigenvalue weighted by molar-refractivity contribution is -0.149. The third kappa shape index (κ3) is 29.1. The van der Waals surface area contributed by atoms with Crippen molar-refractivity contribution in [2.75, 3.05) is 53.9 Å². The van der Waals surface area contributed by atoms with Gasteiger partial charge in [0, 0.05) is 113 Å². The van der Waals surface area contributed by atoms with Crippen molar-refractivity contribution in [2.24, 2.45) is 23.1 Å². The van der Waals surface area contributed by atoms with E-state index in [1.807, 2.05) is 13.8 Å². The van der Waals surface area contributed by atoms with Gasteiger partial charge in [-0.1, -0.05) is 108 Å². The van der Waals surface area contributed by atoms with Gasteiger partial charge in [0.1, 0.15) is 90.3 Å². The molecule has 0 bridgehead atoms. The van der Waals surface area contributed by atoms with E-state index in [1.165, 1.54) is 69.8 Å². The Labute approximate surface area is 780 Å². The Hall–Kier alpha value is -14.3. The number of H-pyrrole nitrogens is 3. The minimum atomic E-state index is -1.85. The fourth-order valence-corrected chi connectivity index (χ4v) is 16.9. The molecule has 0 spiro atoms. The summed E-state index contributed by atoms with van der Waals surface area (Å²) in [5.74, 6) is -16.6. The van der Waals surface area contributed by atoms with Gasteiger partial charge >= 0.3 is 0 Å². The van der Waals surface area contributed by atoms with Gasteiger partial charge in [-0.2, -0.15) is 0 Å². The SMILES string of the molecule is CCCC[C@H]1C(=O)N(C)[C@@H](CCCC)C(=O)N[C@@H](CCCNC(=N)N)C(=O)N[C@H](C(=O)NCC(N)=O)CC=CC(=O)N[C@@H](Cc2ccc(O)cc2)C(=O)N(C)[C@@H](C)C(=O)N[C@@H](CC(N)=O)C(=O)N2CCC[C@H]2C(=O)N[C@@H](Cc2cnc[nH]2)C(=O)N[C@@H](CC(C)C)C(=O)N2CCC[C@H]2C(=O)N[C@@H](Cc2c[nH]c3ccccc23)C(=O)N[C@@H](CO)C(=O)N[C@@H](Cc2c[nH]c3ccccc23)C(=O)N1C. The van der Waals surface area contributed by atoms with E-state index < -0.39 is 217 Å². The van der Waals surface area contributed by atoms with Crippen LogP contribution in [0.25, 0.3) is 21.8 Å². The number of amides is 17. The van der Waals surface area contributed by atoms with Gasteiger partial charge in [0.25, 0.3) is 0 Å². The van der Waals surface area contributed by atoms with Crippen molar-refractivity contribution >= 4 is 128 Å². The number of rotatable bonds is 26. The minimum Gasteiger partial charge on any atom is -0.508 e. The van der Waals surface area contributed by atoms with E-state index in [-0.39, 0.29) is 115 Å². The number of aromatic nitrogens is 4. The fourth-order valence-electron chi connectivity index (χ4n) is 16.9. The number of carbonyl (C=O) groups is 17. The number of likely N-dealkylation sites (N-methyl/N-ethyl adjacent to an activating group) is 3. The normalized spacial score (nSPS) is 24.1. The molecule has 3 aliphatic rings. The number of hydrogen-bond donors (Lipinski definition) is 20. The Morgan fingerprint density at radius 3 is 1.58 bits per heavy atom. The van der Waals surface area contributed by atoms with Crippen molar-refractivity contribution in [3.63, 3.8) is 0 Å². The monoisotopic (exact) mass is 1870 g/mol. The highest BCUT2D eigenvalue weighted by atomic mass is 16.3. The smallest absolute Gasteiger partial charge is 0.246 e. The van der Waals surface area contributed by atoms with Crippen molar-refractivity contribution < 1.29 is 91.7 Å². The zero-order chi connectivity index (χ0) is 98.4. The van der Waals surface area contributed by atoms with Crippen LogP contribution in [0.5, 0.6) is 5.75 Å². The molecule has 6 heterocycles. The number of nitrogens with one attached hydrogen (secondary N) is 15. The highest BCUT2D eigenvalue weighted by molar-refractivity contribution is 6.03. The van der Waals surface area contributed by atoms with Crippen LogP contribution >= 0.6 is 0 Å². The third-order valence-corrected chi connectivity index (χ3v) is 24.4. The maximum absolute atomic E-state index is 15.8. The van der Waals surface area contributed by atoms with Crippen molar-refractivity contribution in [2.45, 2.75) is 241 Å². The van der Waals surface area contributed by atoms with Crippen LogP contribution in [-0.4, -0.2) is 300 Å². The van der Waals surface area contributed by atoms with E-state index in [4.69, 9.17) is 22.6 Å². The van der Waals surface area contributed by atoms with Gasteiger partial charge in [-0.3, -0.25) is 86.9 Å². The van der Waals surface area contributed by atoms with Crippen LogP contribution in [-0.2, 0) is 107 Å². The zero-order valence-electron chi connectivity index (χ0n) is 77.3. The first kappa shape index (κ1) is 104. The number of aliphatic hydroxyl groups is 1. The van der Waals surface area contributed by atoms with Gasteiger partial charge < -0.3 is 125 Å². The van der Waals surface area contributed by atoms with Gasteiger partial charge in [0.2, 0.25) is 100 Å². The molecule has 23 N–H and O–H groups in total. The summed E-state index contributed by atoms with van der Waals surface area (Å²) in [5.41, 5.74) is 19.9. The molecule has 17 amide bonds. The molecule has 43 nitrogen and oxygen atoms in total. The molecule has 135 heavy (non-hydrogen) atoms. The zero-order valence-corrected chi connectivity index (χ0v) is 77.3. The lowest BCUT2D eigenvalue weighted by Crippen LogP contribution is -2.62. The Bertz CT molecular complexity index is 5250. The fraction of sp³-hybridized carbons (Fsp3) is 0.511. The molecule has 0 aliphatic carbocycles. The Balaban J connectivity index is 1.11. The van der Waals surface area contributed by atoms with Crippen molar-refractivity contribution in [1.29, 1.82) is 5.41 Å². The number of hydrogen-bond acceptors (Lipinski definition) is 21. The molecule has 14 atom stereocenters. The molecular weight excluding hydrogens is 1750 g/mol. The Morgan fingerprint density at radius 1 is 0.519 bits per heavy atom. The molecule has 3 aromatic carbocycles. The number of benzene rings is 3. The molecule has 0 saturated carbocycles. The average Bonchev–Trinajstić information content (AvgIpc) is 1.75. The van der Waals surface area contributed by atoms with Crippen LogP contribution < -0.4 is 75.7 Å². The molecule has 2 saturated heterocycles. The lowest BCUT2D eigenvalue weighted by atomic mass is 10.00. The first-order valence-corrected chi connectivity index (χ1v) is 45.6. The molecule has 0 radical (unpaired) electrons. The summed E-state index contributed by atoms with van der Waals surface area (Å²) < 4.78 is 0. The number of imidazole rings is 1. The topological polar surface area (TPSA) is 641 Å². The first-order chi connectivity index (χ1) is 64.4. The molecule has 6 aromatic rings. The number of nitrogens with zero attached hydrogens (tertiary/aromatic N) is 6. The quantitative estimate of drug-likeness (QED) is 0.0164. The standard InChI is InChI=1S/C92H128N24O19/c1-9-11-27-71-84(128)105-63(26-18-36-98-92(95)96)80(124)104-62(79(123)101-48-76(94)120)25-17-31-77(121)103-67(40-53-32-34-57(118)35-33-53)87(131)112(6)52(5)78(122)108-69(44-75(93)119)90(134)116-38-20-30-73(116)86(130)107-65(43-56-47-97-50-102-56)82(126)109-66(39-51(3)4)89(133)115-37-19-29-72(115)85(129)106-64(41-54-45-99-60-23-15-13-21-58(54)60)81(125)111-70(49-117)83(127)110-68(42-55-46-100-61-24-16-14-22-59(55)61)88(132)114(8)74(28-12-10-2)91(135)113(71)7/h13-17,21-24,31-35,45-47,50-52,62-74,99-100,117-118H,9-12,18-20,25-30,36-44,48-49H2,1-8H3,(H2,93,119)(H2,94,120)(H,97,102)(H,101,123)(H,103,121)(H,104,124)(H,105,128)(H,106,129)(H,107,130)(H,108,122)(H,109,126)(H,110,127)(H,111,125)(H4,95,96,98)/t52-,62-,63-,64-,65-,66-,67-,68-,69-,70-,71-,72-,73-,74-/m0/s1. The molecule has 0 unspecified atom stereocenters. The van der Waals surface area contributed by atoms with Crippen LogP contribution in [0.1, 0.15) is 153 Å². The molecule has 9 rings (SSSR count). The number of phenols is 1. The van der Waals surface area contributed by atoms with Gasteiger partial charge in [0.15, 0.2) is 5.96 Å². The van der Waals surface area contributed by atoms with E-state index >= 15 is 38.4 Å². The molecule has 730 valence electrons. The van der Waals surface area contributed by atoms with Crippen LogP contribution in [0.15, 0.2) is 110 Å². The van der Waals surface area contributed by atoms with Crippen LogP contribution in [0.4, 0.5) is 0 Å². The number of nitrogens with two attached hydrogens (primary N) is 3. The van der Waals surface area contributed by atoms with Gasteiger partial charge in [-0.15, -0.1) is 0 Å². The second-order valence-corrected chi connectivity index (χ2v) is 34.8. The van der Waals surface area contributed by atoms with E-state index in [1.54, 1.807) is 74.8 Å². The van der Waals surface area contributed by atoms with Gasteiger partial charge in [-0.25, -0.2) is 4.98 Å². The maximum atomic E-state index is 15.8. The van der Waals surface area contributed by atoms with E-state index in [2.05, 4.69) is 78.4 Å². The highest BCUT2D eigenvalue weighted by Gasteiger charge is 2.46. The third-order valence-electron chi connectivity index (χ3n) is 24.4. The van der Waals surface area contributed by atoms with E-state index in [9.17, 15) is 53.4 Å². The summed E-state index contributed by atoms with van der Waals surface area (Å²) in [5, 5.41) is 59.8. The Kier molecular flexibility index (Phi) is 38.7. The van der Waals surface area contributed by atoms with E-state index in [0.29, 0.717) is 69.9 Å². The number of carbonyl (C=O) groups excluding carboxylic acids is 17. The number of fused-ring (bicyclic) bond motifs is 4. The average molecular weight is 1870 g/mol. The summed E-state index contributed by atoms with van der Waals surface area (Å²) in [6.07, 6.45) is 7.62. The largest absolute Gasteiger partial charge is 0.508 e. The molecule has 2 fully saturated rings. The molecule has 43 heteroatoms. The predicted molar refractivity (Wildman–Crippen MR) is 495 cm³/mol. The van der Waals surface area contributed by atoms with E-state index in [0.717, 1.165) is 31.8 Å². The van der Waals surface area contributed by atoms with Crippen LogP contribution in [0.3, 0.4) is 0 Å². The highest BCUT2D eigenvalue weighted by Crippen LogP contribution is 2.28. The number of guanidine groups is 1. The first-order valence-electron chi connectivity index (χ1n) is 45.6. The molecular formula is C92H128N24O19. The number of aliphatic hydroxyl groups excluding tert-OH is 1.